The van der Waals surface area contributed by atoms with Crippen LogP contribution >= 0.6 is 9.03 Å². The van der Waals surface area contributed by atoms with Gasteiger partial charge in [-0.05, 0) is 45.6 Å². The Balaban J connectivity index is 1.81. The number of hydrogen-bond acceptors (Lipinski definition) is 4. The van der Waals surface area contributed by atoms with Crippen LogP contribution in [0.3, 0.4) is 0 Å². The highest BCUT2D eigenvalue weighted by Gasteiger charge is 2.28. The van der Waals surface area contributed by atoms with Crippen LogP contribution in [0.25, 0.3) is 0 Å². The van der Waals surface area contributed by atoms with E-state index in [0.29, 0.717) is 12.0 Å². The Morgan fingerprint density at radius 1 is 1.44 bits per heavy atom. The molecule has 2 rings (SSSR count). The van der Waals surface area contributed by atoms with Crippen molar-refractivity contribution >= 4 is 9.03 Å². The van der Waals surface area contributed by atoms with Crippen molar-refractivity contribution in [3.63, 3.8) is 0 Å². The lowest BCUT2D eigenvalue weighted by Crippen LogP contribution is -2.31. The Kier molecular flexibility index (Phi) is 10.1. The Morgan fingerprint density at radius 3 is 2.96 bits per heavy atom. The molecule has 4 nitrogen and oxygen atoms in total. The van der Waals surface area contributed by atoms with Gasteiger partial charge in [0.25, 0.3) is 0 Å². The molecule has 0 radical (unpaired) electrons. The Morgan fingerprint density at radius 2 is 2.26 bits per heavy atom. The minimum absolute atomic E-state index is 0.00324. The minimum atomic E-state index is -0.375. The van der Waals surface area contributed by atoms with Gasteiger partial charge in [-0.15, -0.1) is 0 Å². The van der Waals surface area contributed by atoms with Crippen LogP contribution in [-0.2, 0) is 13.8 Å². The van der Waals surface area contributed by atoms with E-state index in [1.54, 1.807) is 0 Å². The standard InChI is InChI=1S/C22H37O4P/c1-5-6-9-20(23)19-14-16(2)11-12-22(19)26-27-25-18(4)15-17(3)21-10-7-8-13-24-21/h11-12,14-15,17,19-23,27H,5-10,13H2,1-4H3/b18-15-. The van der Waals surface area contributed by atoms with Gasteiger partial charge < -0.3 is 18.9 Å². The zero-order valence-electron chi connectivity index (χ0n) is 17.3. The zero-order valence-corrected chi connectivity index (χ0v) is 18.3. The average molecular weight is 397 g/mol. The van der Waals surface area contributed by atoms with Crippen LogP contribution in [0.2, 0.25) is 0 Å². The zero-order chi connectivity index (χ0) is 19.6. The Bertz CT molecular complexity index is 522. The summed E-state index contributed by atoms with van der Waals surface area (Å²) in [6, 6.07) is 0. The fourth-order valence-corrected chi connectivity index (χ4v) is 4.31. The van der Waals surface area contributed by atoms with Gasteiger partial charge in [-0.25, -0.2) is 0 Å². The summed E-state index contributed by atoms with van der Waals surface area (Å²) in [5.41, 5.74) is 1.18. The van der Waals surface area contributed by atoms with Crippen molar-refractivity contribution < 1.29 is 18.9 Å². The van der Waals surface area contributed by atoms with Gasteiger partial charge in [0.05, 0.1) is 24.1 Å². The summed E-state index contributed by atoms with van der Waals surface area (Å²) in [5, 5.41) is 10.5. The maximum Gasteiger partial charge on any atom is 0.215 e. The first-order chi connectivity index (χ1) is 13.0. The topological polar surface area (TPSA) is 47.9 Å². The molecule has 2 aliphatic rings. The molecule has 6 atom stereocenters. The largest absolute Gasteiger partial charge is 0.455 e. The predicted molar refractivity (Wildman–Crippen MR) is 113 cm³/mol. The molecule has 0 spiro atoms. The highest BCUT2D eigenvalue weighted by Crippen LogP contribution is 2.32. The fourth-order valence-electron chi connectivity index (χ4n) is 3.72. The van der Waals surface area contributed by atoms with E-state index in [-0.39, 0.29) is 27.2 Å². The highest BCUT2D eigenvalue weighted by atomic mass is 31.1. The second-order valence-electron chi connectivity index (χ2n) is 7.87. The maximum atomic E-state index is 10.5. The van der Waals surface area contributed by atoms with Crippen LogP contribution in [0.15, 0.2) is 35.6 Å². The molecule has 1 aliphatic heterocycles. The van der Waals surface area contributed by atoms with Gasteiger partial charge in [0.15, 0.2) is 0 Å². The van der Waals surface area contributed by atoms with Crippen LogP contribution in [0.1, 0.15) is 66.2 Å². The maximum absolute atomic E-state index is 10.5. The lowest BCUT2D eigenvalue weighted by molar-refractivity contribution is -0.00537. The van der Waals surface area contributed by atoms with Gasteiger partial charge >= 0.3 is 0 Å². The SMILES string of the molecule is CCCCC(O)C1C=C(C)C=CC1OPO/C(C)=C\C(C)C1CCCCO1. The van der Waals surface area contributed by atoms with Gasteiger partial charge in [0.2, 0.25) is 9.03 Å². The molecule has 1 saturated heterocycles. The predicted octanol–water partition coefficient (Wildman–Crippen LogP) is 5.69. The van der Waals surface area contributed by atoms with E-state index in [9.17, 15) is 5.11 Å². The number of hydrogen-bond donors (Lipinski definition) is 1. The summed E-state index contributed by atoms with van der Waals surface area (Å²) < 4.78 is 17.7. The first-order valence-electron chi connectivity index (χ1n) is 10.4. The van der Waals surface area contributed by atoms with Crippen molar-refractivity contribution in [2.24, 2.45) is 11.8 Å². The van der Waals surface area contributed by atoms with Gasteiger partial charge in [-0.1, -0.05) is 50.5 Å². The van der Waals surface area contributed by atoms with E-state index in [1.165, 1.54) is 18.4 Å². The molecule has 27 heavy (non-hydrogen) atoms. The highest BCUT2D eigenvalue weighted by molar-refractivity contribution is 7.26. The van der Waals surface area contributed by atoms with Crippen LogP contribution in [0.5, 0.6) is 0 Å². The molecule has 0 bridgehead atoms. The Labute approximate surface area is 167 Å². The summed E-state index contributed by atoms with van der Waals surface area (Å²) in [5.74, 6) is 1.22. The molecule has 1 N–H and O–H groups in total. The first kappa shape index (κ1) is 22.6. The van der Waals surface area contributed by atoms with E-state index in [1.807, 2.05) is 13.0 Å². The van der Waals surface area contributed by atoms with E-state index in [0.717, 1.165) is 38.0 Å². The van der Waals surface area contributed by atoms with Crippen LogP contribution < -0.4 is 0 Å². The smallest absolute Gasteiger partial charge is 0.215 e. The van der Waals surface area contributed by atoms with Crippen molar-refractivity contribution in [2.45, 2.75) is 84.5 Å². The summed E-state index contributed by atoms with van der Waals surface area (Å²) in [6.45, 7) is 9.24. The number of aliphatic hydroxyl groups is 1. The molecule has 0 amide bonds. The van der Waals surface area contributed by atoms with Crippen molar-refractivity contribution in [1.82, 2.24) is 0 Å². The van der Waals surface area contributed by atoms with E-state index in [2.05, 4.69) is 39.0 Å². The number of ether oxygens (including phenoxy) is 1. The number of unbranched alkanes of at least 4 members (excludes halogenated alkanes) is 1. The molecule has 6 unspecified atom stereocenters. The number of rotatable bonds is 10. The number of aliphatic hydroxyl groups excluding tert-OH is 1. The van der Waals surface area contributed by atoms with Gasteiger partial charge in [0, 0.05) is 18.4 Å². The van der Waals surface area contributed by atoms with E-state index in [4.69, 9.17) is 13.8 Å². The van der Waals surface area contributed by atoms with Crippen molar-refractivity contribution in [2.75, 3.05) is 6.61 Å². The fraction of sp³-hybridized carbons (Fsp3) is 0.727. The molecule has 0 aromatic carbocycles. The van der Waals surface area contributed by atoms with Gasteiger partial charge in [-0.2, -0.15) is 0 Å². The van der Waals surface area contributed by atoms with Crippen molar-refractivity contribution in [1.29, 1.82) is 0 Å². The molecule has 5 heteroatoms. The molecule has 0 saturated carbocycles. The van der Waals surface area contributed by atoms with Crippen molar-refractivity contribution in [3.8, 4) is 0 Å². The quantitative estimate of drug-likeness (QED) is 0.381. The molecule has 1 heterocycles. The van der Waals surface area contributed by atoms with Crippen molar-refractivity contribution in [3.05, 3.63) is 35.6 Å². The molecule has 1 aliphatic carbocycles. The van der Waals surface area contributed by atoms with E-state index < -0.39 is 0 Å². The van der Waals surface area contributed by atoms with Crippen LogP contribution in [0.4, 0.5) is 0 Å². The lowest BCUT2D eigenvalue weighted by Gasteiger charge is -2.29. The molecule has 154 valence electrons. The monoisotopic (exact) mass is 396 g/mol. The molecular weight excluding hydrogens is 359 g/mol. The third-order valence-corrected chi connectivity index (χ3v) is 6.14. The molecule has 0 aromatic rings. The van der Waals surface area contributed by atoms with Gasteiger partial charge in [-0.3, -0.25) is 0 Å². The minimum Gasteiger partial charge on any atom is -0.455 e. The van der Waals surface area contributed by atoms with Crippen LogP contribution in [0, 0.1) is 11.8 Å². The normalized spacial score (nSPS) is 29.0. The molecular formula is C22H37O4P. The first-order valence-corrected chi connectivity index (χ1v) is 11.2. The third-order valence-electron chi connectivity index (χ3n) is 5.37. The summed E-state index contributed by atoms with van der Waals surface area (Å²) in [4.78, 5) is 0. The van der Waals surface area contributed by atoms with Gasteiger partial charge in [0.1, 0.15) is 0 Å². The summed E-state index contributed by atoms with van der Waals surface area (Å²) in [7, 11) is -0.0754. The second kappa shape index (κ2) is 12.0. The number of allylic oxidation sites excluding steroid dienone is 3. The Hall–Kier alpha value is -0.670. The lowest BCUT2D eigenvalue weighted by atomic mass is 9.87. The summed E-state index contributed by atoms with van der Waals surface area (Å²) in [6.07, 6.45) is 14.6. The van der Waals surface area contributed by atoms with Crippen LogP contribution in [-0.4, -0.2) is 30.0 Å². The second-order valence-corrected chi connectivity index (χ2v) is 8.47. The third kappa shape index (κ3) is 7.69. The average Bonchev–Trinajstić information content (AvgIpc) is 2.67. The molecule has 1 fully saturated rings. The van der Waals surface area contributed by atoms with E-state index >= 15 is 0 Å². The summed E-state index contributed by atoms with van der Waals surface area (Å²) >= 11 is 0. The molecule has 0 aromatic heterocycles.